The molecule has 20 heavy (non-hydrogen) atoms. The van der Waals surface area contributed by atoms with Gasteiger partial charge in [0.25, 0.3) is 0 Å². The Labute approximate surface area is 152 Å². The van der Waals surface area contributed by atoms with E-state index < -0.39 is 0 Å². The van der Waals surface area contributed by atoms with Gasteiger partial charge in [0.05, 0.1) is 20.1 Å². The summed E-state index contributed by atoms with van der Waals surface area (Å²) in [7, 11) is 0. The fraction of sp³-hybridized carbons (Fsp3) is 0. The number of benzene rings is 3. The number of fused-ring (bicyclic) bond motifs is 3. The highest BCUT2D eigenvalue weighted by molar-refractivity contribution is 9.10. The van der Waals surface area contributed by atoms with Crippen molar-refractivity contribution in [1.82, 2.24) is 0 Å². The van der Waals surface area contributed by atoms with E-state index >= 15 is 0 Å². The monoisotopic (exact) mass is 470 g/mol. The molecule has 0 aliphatic heterocycles. The first kappa shape index (κ1) is 15.2. The highest BCUT2D eigenvalue weighted by Gasteiger charge is 2.16. The third-order valence-electron chi connectivity index (χ3n) is 3.08. The summed E-state index contributed by atoms with van der Waals surface area (Å²) in [6.45, 7) is 0. The molecule has 3 aromatic rings. The second-order valence-corrected chi connectivity index (χ2v) is 7.50. The molecule has 3 aromatic carbocycles. The van der Waals surface area contributed by atoms with Crippen molar-refractivity contribution < 1.29 is 0 Å². The summed E-state index contributed by atoms with van der Waals surface area (Å²) in [5, 5.41) is 5.61. The highest BCUT2D eigenvalue weighted by atomic mass is 79.9. The number of hydrogen-bond acceptors (Lipinski definition) is 0. The van der Waals surface area contributed by atoms with Gasteiger partial charge in [-0.2, -0.15) is 0 Å². The van der Waals surface area contributed by atoms with Crippen molar-refractivity contribution in [2.45, 2.75) is 0 Å². The van der Waals surface area contributed by atoms with Gasteiger partial charge in [0.1, 0.15) is 0 Å². The minimum atomic E-state index is 0.571. The van der Waals surface area contributed by atoms with Crippen LogP contribution in [0.1, 0.15) is 0 Å². The van der Waals surface area contributed by atoms with Gasteiger partial charge in [-0.25, -0.2) is 0 Å². The summed E-state index contributed by atoms with van der Waals surface area (Å²) in [5.41, 5.74) is 0. The third-order valence-corrected chi connectivity index (χ3v) is 6.20. The minimum Gasteiger partial charge on any atom is -0.0836 e. The van der Waals surface area contributed by atoms with Gasteiger partial charge in [0.15, 0.2) is 0 Å². The molecule has 0 fully saturated rings. The number of hydrogen-bond donors (Lipinski definition) is 0. The van der Waals surface area contributed by atoms with Crippen LogP contribution in [-0.2, 0) is 0 Å². The lowest BCUT2D eigenvalue weighted by Gasteiger charge is -2.12. The zero-order valence-electron chi connectivity index (χ0n) is 9.58. The van der Waals surface area contributed by atoms with E-state index in [0.29, 0.717) is 20.1 Å². The van der Waals surface area contributed by atoms with Crippen molar-refractivity contribution in [2.75, 3.05) is 0 Å². The second kappa shape index (κ2) is 5.49. The van der Waals surface area contributed by atoms with Gasteiger partial charge < -0.3 is 0 Å². The molecule has 0 unspecified atom stereocenters. The molecule has 0 spiro atoms. The summed E-state index contributed by atoms with van der Waals surface area (Å²) < 4.78 is 1.49. The van der Waals surface area contributed by atoms with Crippen LogP contribution in [0.2, 0.25) is 20.1 Å². The van der Waals surface area contributed by atoms with Crippen LogP contribution in [0.15, 0.2) is 33.2 Å². The fourth-order valence-corrected chi connectivity index (χ4v) is 4.40. The molecule has 0 radical (unpaired) electrons. The van der Waals surface area contributed by atoms with Crippen LogP contribution in [0, 0.1) is 0 Å². The first-order valence-electron chi connectivity index (χ1n) is 5.45. The van der Waals surface area contributed by atoms with Crippen LogP contribution >= 0.6 is 78.3 Å². The smallest absolute Gasteiger partial charge is 0.0627 e. The van der Waals surface area contributed by atoms with E-state index in [1.807, 2.05) is 12.1 Å². The van der Waals surface area contributed by atoms with Crippen LogP contribution in [-0.4, -0.2) is 0 Å². The average Bonchev–Trinajstić information content (AvgIpc) is 2.41. The molecule has 0 aliphatic rings. The van der Waals surface area contributed by atoms with Crippen molar-refractivity contribution in [3.63, 3.8) is 0 Å². The van der Waals surface area contributed by atoms with E-state index in [2.05, 4.69) is 31.9 Å². The average molecular weight is 474 g/mol. The van der Waals surface area contributed by atoms with E-state index in [4.69, 9.17) is 46.4 Å². The first-order chi connectivity index (χ1) is 9.41. The van der Waals surface area contributed by atoms with Gasteiger partial charge >= 0.3 is 0 Å². The van der Waals surface area contributed by atoms with E-state index in [1.54, 1.807) is 12.1 Å². The maximum Gasteiger partial charge on any atom is 0.0627 e. The third kappa shape index (κ3) is 2.25. The molecule has 0 saturated carbocycles. The Balaban J connectivity index is 2.67. The topological polar surface area (TPSA) is 0 Å². The van der Waals surface area contributed by atoms with E-state index in [-0.39, 0.29) is 0 Å². The molecule has 0 saturated heterocycles. The Kier molecular flexibility index (Phi) is 4.18. The van der Waals surface area contributed by atoms with Gasteiger partial charge in [-0.15, -0.1) is 0 Å². The number of rotatable bonds is 0. The quantitative estimate of drug-likeness (QED) is 0.228. The van der Waals surface area contributed by atoms with Gasteiger partial charge in [-0.3, -0.25) is 0 Å². The van der Waals surface area contributed by atoms with Crippen molar-refractivity contribution in [3.05, 3.63) is 53.3 Å². The lowest BCUT2D eigenvalue weighted by atomic mass is 10.0. The van der Waals surface area contributed by atoms with Crippen LogP contribution in [0.4, 0.5) is 0 Å². The van der Waals surface area contributed by atoms with Crippen LogP contribution < -0.4 is 0 Å². The SMILES string of the molecule is Clc1c(Br)cc(Cl)c2c1ccc1c(Cl)c(Br)cc(Cl)c12. The predicted molar refractivity (Wildman–Crippen MR) is 96.9 cm³/mol. The Morgan fingerprint density at radius 3 is 1.35 bits per heavy atom. The van der Waals surface area contributed by atoms with E-state index in [0.717, 1.165) is 30.5 Å². The fourth-order valence-electron chi connectivity index (χ4n) is 2.22. The zero-order valence-corrected chi connectivity index (χ0v) is 15.8. The Bertz CT molecular complexity index is 802. The van der Waals surface area contributed by atoms with Crippen molar-refractivity contribution in [2.24, 2.45) is 0 Å². The molecule has 3 rings (SSSR count). The molecular formula is C14H4Br2Cl4. The normalized spacial score (nSPS) is 11.5. The van der Waals surface area contributed by atoms with Crippen LogP contribution in [0.5, 0.6) is 0 Å². The Hall–Kier alpha value is 0.300. The van der Waals surface area contributed by atoms with Crippen molar-refractivity contribution in [1.29, 1.82) is 0 Å². The Morgan fingerprint density at radius 2 is 1.00 bits per heavy atom. The Morgan fingerprint density at radius 1 is 0.650 bits per heavy atom. The standard InChI is InChI=1S/C14H4Br2Cl4/c15-7-3-9(17)11-5(13(7)19)1-2-6-12(11)10(18)4-8(16)14(6)20/h1-4H. The van der Waals surface area contributed by atoms with Gasteiger partial charge in [-0.05, 0) is 44.0 Å². The minimum absolute atomic E-state index is 0.571. The summed E-state index contributed by atoms with van der Waals surface area (Å²) >= 11 is 32.2. The first-order valence-corrected chi connectivity index (χ1v) is 8.55. The molecule has 0 heterocycles. The molecule has 0 nitrogen and oxygen atoms in total. The van der Waals surface area contributed by atoms with Crippen LogP contribution in [0.25, 0.3) is 21.5 Å². The largest absolute Gasteiger partial charge is 0.0836 e. The molecule has 0 aromatic heterocycles. The van der Waals surface area contributed by atoms with E-state index in [9.17, 15) is 0 Å². The summed E-state index contributed by atoms with van der Waals surface area (Å²) in [5.74, 6) is 0. The maximum absolute atomic E-state index is 6.38. The summed E-state index contributed by atoms with van der Waals surface area (Å²) in [6, 6.07) is 7.31. The second-order valence-electron chi connectivity index (χ2n) is 4.22. The van der Waals surface area contributed by atoms with Gasteiger partial charge in [0, 0.05) is 30.5 Å². The lowest BCUT2D eigenvalue weighted by Crippen LogP contribution is -1.85. The molecule has 0 amide bonds. The molecular weight excluding hydrogens is 470 g/mol. The molecule has 0 N–H and O–H groups in total. The van der Waals surface area contributed by atoms with Crippen molar-refractivity contribution >= 4 is 99.8 Å². The van der Waals surface area contributed by atoms with Gasteiger partial charge in [-0.1, -0.05) is 58.5 Å². The van der Waals surface area contributed by atoms with Crippen LogP contribution in [0.3, 0.4) is 0 Å². The summed E-state index contributed by atoms with van der Waals surface area (Å²) in [4.78, 5) is 0. The van der Waals surface area contributed by atoms with Gasteiger partial charge in [0.2, 0.25) is 0 Å². The van der Waals surface area contributed by atoms with E-state index in [1.165, 1.54) is 0 Å². The molecule has 6 heteroatoms. The highest BCUT2D eigenvalue weighted by Crippen LogP contribution is 2.45. The molecule has 102 valence electrons. The molecule has 0 aliphatic carbocycles. The number of halogens is 6. The molecule has 0 atom stereocenters. The lowest BCUT2D eigenvalue weighted by molar-refractivity contribution is 1.69. The zero-order chi connectivity index (χ0) is 14.6. The maximum atomic E-state index is 6.38. The van der Waals surface area contributed by atoms with Crippen molar-refractivity contribution in [3.8, 4) is 0 Å². The molecule has 0 bridgehead atoms. The predicted octanol–water partition coefficient (Wildman–Crippen LogP) is 8.13. The summed E-state index contributed by atoms with van der Waals surface area (Å²) in [6.07, 6.45) is 0.